The second-order valence-electron chi connectivity index (χ2n) is 6.97. The highest BCUT2D eigenvalue weighted by Crippen LogP contribution is 2.21. The van der Waals surface area contributed by atoms with Crippen LogP contribution in [-0.2, 0) is 0 Å². The first-order valence-electron chi connectivity index (χ1n) is 9.27. The minimum absolute atomic E-state index is 0. The molecule has 0 saturated carbocycles. The van der Waals surface area contributed by atoms with Gasteiger partial charge in [0.05, 0.1) is 18.3 Å². The number of hydrogen-bond acceptors (Lipinski definition) is 5. The van der Waals surface area contributed by atoms with Gasteiger partial charge in [-0.15, -0.1) is 17.5 Å². The Kier molecular flexibility index (Phi) is 8.22. The Bertz CT molecular complexity index is 701. The van der Waals surface area contributed by atoms with Crippen LogP contribution < -0.4 is 10.6 Å². The monoisotopic (exact) mass is 393 g/mol. The number of nitrogens with zero attached hydrogens (tertiary/aromatic N) is 3. The van der Waals surface area contributed by atoms with E-state index in [1.807, 2.05) is 30.3 Å². The van der Waals surface area contributed by atoms with E-state index in [1.54, 1.807) is 17.8 Å². The third-order valence-electron chi connectivity index (χ3n) is 4.83. The Morgan fingerprint density at radius 1 is 1.33 bits per heavy atom. The van der Waals surface area contributed by atoms with Crippen LogP contribution in [0.3, 0.4) is 0 Å². The highest BCUT2D eigenvalue weighted by Gasteiger charge is 2.20. The van der Waals surface area contributed by atoms with Crippen LogP contribution in [0.5, 0.6) is 0 Å². The smallest absolute Gasteiger partial charge is 0.273 e. The average molecular weight is 394 g/mol. The molecule has 2 heterocycles. The molecule has 3 rings (SSSR count). The van der Waals surface area contributed by atoms with Crippen molar-refractivity contribution in [2.24, 2.45) is 0 Å². The summed E-state index contributed by atoms with van der Waals surface area (Å²) in [6, 6.07) is 10.2. The number of aliphatic hydroxyl groups is 1. The number of amides is 1. The SMILES string of the molecule is CC(O)CC(CNC(=O)c1cn(C2CCNCC2)nn1)c1ccccc1.Cl. The van der Waals surface area contributed by atoms with Crippen LogP contribution in [0.15, 0.2) is 36.5 Å². The molecule has 148 valence electrons. The molecule has 0 aliphatic carbocycles. The largest absolute Gasteiger partial charge is 0.393 e. The predicted molar refractivity (Wildman–Crippen MR) is 106 cm³/mol. The third kappa shape index (κ3) is 6.02. The number of aromatic nitrogens is 3. The Hall–Kier alpha value is -1.96. The Balaban J connectivity index is 0.00000261. The van der Waals surface area contributed by atoms with Gasteiger partial charge in [-0.3, -0.25) is 4.79 Å². The van der Waals surface area contributed by atoms with E-state index in [2.05, 4.69) is 20.9 Å². The maximum atomic E-state index is 12.5. The lowest BCUT2D eigenvalue weighted by Crippen LogP contribution is -2.30. The van der Waals surface area contributed by atoms with Crippen molar-refractivity contribution in [2.45, 2.75) is 44.2 Å². The highest BCUT2D eigenvalue weighted by molar-refractivity contribution is 5.91. The van der Waals surface area contributed by atoms with Gasteiger partial charge >= 0.3 is 0 Å². The second-order valence-corrected chi connectivity index (χ2v) is 6.97. The maximum Gasteiger partial charge on any atom is 0.273 e. The van der Waals surface area contributed by atoms with Gasteiger partial charge in [0.25, 0.3) is 5.91 Å². The zero-order chi connectivity index (χ0) is 18.4. The molecule has 1 aliphatic rings. The summed E-state index contributed by atoms with van der Waals surface area (Å²) < 4.78 is 1.81. The molecule has 0 bridgehead atoms. The molecule has 7 nitrogen and oxygen atoms in total. The van der Waals surface area contributed by atoms with Gasteiger partial charge in [0.1, 0.15) is 0 Å². The summed E-state index contributed by atoms with van der Waals surface area (Å²) in [5.74, 6) is -0.170. The van der Waals surface area contributed by atoms with Gasteiger partial charge in [0, 0.05) is 12.5 Å². The third-order valence-corrected chi connectivity index (χ3v) is 4.83. The van der Waals surface area contributed by atoms with Crippen molar-refractivity contribution >= 4 is 18.3 Å². The topological polar surface area (TPSA) is 92.1 Å². The van der Waals surface area contributed by atoms with E-state index < -0.39 is 6.10 Å². The molecule has 27 heavy (non-hydrogen) atoms. The summed E-state index contributed by atoms with van der Waals surface area (Å²) in [5, 5.41) is 24.2. The number of rotatable bonds is 7. The van der Waals surface area contributed by atoms with Crippen LogP contribution >= 0.6 is 12.4 Å². The lowest BCUT2D eigenvalue weighted by Gasteiger charge is -2.22. The first-order valence-corrected chi connectivity index (χ1v) is 9.27. The first-order chi connectivity index (χ1) is 12.6. The highest BCUT2D eigenvalue weighted by atomic mass is 35.5. The van der Waals surface area contributed by atoms with Crippen LogP contribution in [0, 0.1) is 0 Å². The van der Waals surface area contributed by atoms with Crippen LogP contribution in [-0.4, -0.2) is 51.7 Å². The van der Waals surface area contributed by atoms with E-state index in [0.717, 1.165) is 31.5 Å². The molecule has 3 N–H and O–H groups in total. The number of carbonyl (C=O) groups is 1. The molecule has 1 amide bonds. The zero-order valence-corrected chi connectivity index (χ0v) is 16.4. The van der Waals surface area contributed by atoms with Crippen LogP contribution in [0.4, 0.5) is 0 Å². The molecule has 2 unspecified atom stereocenters. The number of hydrogen-bond donors (Lipinski definition) is 3. The molecule has 1 aliphatic heterocycles. The normalized spacial score (nSPS) is 17.0. The van der Waals surface area contributed by atoms with Crippen molar-refractivity contribution in [3.8, 4) is 0 Å². The number of piperidine rings is 1. The van der Waals surface area contributed by atoms with Crippen molar-refractivity contribution in [3.63, 3.8) is 0 Å². The van der Waals surface area contributed by atoms with Gasteiger partial charge in [-0.05, 0) is 44.8 Å². The van der Waals surface area contributed by atoms with E-state index in [4.69, 9.17) is 0 Å². The Labute approximate surface area is 166 Å². The Morgan fingerprint density at radius 3 is 2.70 bits per heavy atom. The fraction of sp³-hybridized carbons (Fsp3) is 0.526. The minimum atomic E-state index is -0.433. The maximum absolute atomic E-state index is 12.5. The number of halogens is 1. The van der Waals surface area contributed by atoms with E-state index in [0.29, 0.717) is 24.7 Å². The summed E-state index contributed by atoms with van der Waals surface area (Å²) in [4.78, 5) is 12.5. The van der Waals surface area contributed by atoms with Crippen LogP contribution in [0.1, 0.15) is 54.2 Å². The summed E-state index contributed by atoms with van der Waals surface area (Å²) in [7, 11) is 0. The van der Waals surface area contributed by atoms with Crippen molar-refractivity contribution < 1.29 is 9.90 Å². The molecule has 1 aromatic heterocycles. The molecular formula is C19H28ClN5O2. The average Bonchev–Trinajstić information content (AvgIpc) is 3.16. The van der Waals surface area contributed by atoms with Crippen molar-refractivity contribution in [3.05, 3.63) is 47.8 Å². The summed E-state index contributed by atoms with van der Waals surface area (Å²) >= 11 is 0. The Morgan fingerprint density at radius 2 is 2.04 bits per heavy atom. The van der Waals surface area contributed by atoms with Crippen LogP contribution in [0.2, 0.25) is 0 Å². The van der Waals surface area contributed by atoms with Gasteiger partial charge in [-0.2, -0.15) is 0 Å². The quantitative estimate of drug-likeness (QED) is 0.668. The van der Waals surface area contributed by atoms with Gasteiger partial charge in [0.2, 0.25) is 0 Å². The van der Waals surface area contributed by atoms with Crippen molar-refractivity contribution in [1.82, 2.24) is 25.6 Å². The lowest BCUT2D eigenvalue weighted by molar-refractivity contribution is 0.0940. The number of aliphatic hydroxyl groups excluding tert-OH is 1. The lowest BCUT2D eigenvalue weighted by atomic mass is 9.93. The molecular weight excluding hydrogens is 366 g/mol. The summed E-state index contributed by atoms with van der Waals surface area (Å²) in [6.45, 7) is 4.14. The van der Waals surface area contributed by atoms with Gasteiger partial charge in [0.15, 0.2) is 5.69 Å². The molecule has 8 heteroatoms. The summed E-state index contributed by atoms with van der Waals surface area (Å²) in [5.41, 5.74) is 1.44. The van der Waals surface area contributed by atoms with E-state index in [9.17, 15) is 9.90 Å². The molecule has 2 aromatic rings. The number of carbonyl (C=O) groups excluding carboxylic acids is 1. The standard InChI is InChI=1S/C19H27N5O2.ClH/c1-14(25)11-16(15-5-3-2-4-6-15)12-21-19(26)18-13-24(23-22-18)17-7-9-20-10-8-17;/h2-6,13-14,16-17,20,25H,7-12H2,1H3,(H,21,26);1H. The van der Waals surface area contributed by atoms with E-state index in [-0.39, 0.29) is 24.2 Å². The first kappa shape index (κ1) is 21.3. The zero-order valence-electron chi connectivity index (χ0n) is 15.5. The summed E-state index contributed by atoms with van der Waals surface area (Å²) in [6.07, 6.45) is 3.88. The fourth-order valence-corrected chi connectivity index (χ4v) is 3.41. The van der Waals surface area contributed by atoms with Crippen LogP contribution in [0.25, 0.3) is 0 Å². The fourth-order valence-electron chi connectivity index (χ4n) is 3.41. The van der Waals surface area contributed by atoms with E-state index in [1.165, 1.54) is 0 Å². The molecule has 0 spiro atoms. The van der Waals surface area contributed by atoms with Crippen molar-refractivity contribution in [2.75, 3.05) is 19.6 Å². The van der Waals surface area contributed by atoms with Crippen molar-refractivity contribution in [1.29, 1.82) is 0 Å². The molecule has 1 aromatic carbocycles. The number of benzene rings is 1. The second kappa shape index (κ2) is 10.4. The molecule has 1 fully saturated rings. The van der Waals surface area contributed by atoms with Gasteiger partial charge in [-0.1, -0.05) is 35.5 Å². The minimum Gasteiger partial charge on any atom is -0.393 e. The molecule has 0 radical (unpaired) electrons. The van der Waals surface area contributed by atoms with Gasteiger partial charge in [-0.25, -0.2) is 4.68 Å². The number of nitrogens with one attached hydrogen (secondary N) is 2. The molecule has 2 atom stereocenters. The van der Waals surface area contributed by atoms with Gasteiger partial charge < -0.3 is 15.7 Å². The predicted octanol–water partition coefficient (Wildman–Crippen LogP) is 1.91. The molecule has 1 saturated heterocycles. The van der Waals surface area contributed by atoms with E-state index >= 15 is 0 Å².